The second-order valence-corrected chi connectivity index (χ2v) is 5.58. The van der Waals surface area contributed by atoms with Crippen LogP contribution in [0.3, 0.4) is 0 Å². The van der Waals surface area contributed by atoms with E-state index in [-0.39, 0.29) is 5.78 Å². The molecule has 3 rings (SSSR count). The van der Waals surface area contributed by atoms with Gasteiger partial charge in [-0.2, -0.15) is 0 Å². The number of anilines is 1. The Hall–Kier alpha value is -2.27. The second kappa shape index (κ2) is 4.68. The van der Waals surface area contributed by atoms with Gasteiger partial charge in [-0.1, -0.05) is 30.3 Å². The van der Waals surface area contributed by atoms with Crippen LogP contribution in [0.15, 0.2) is 30.3 Å². The Morgan fingerprint density at radius 3 is 2.55 bits per heavy atom. The van der Waals surface area contributed by atoms with Gasteiger partial charge >= 0.3 is 0 Å². The molecule has 0 aliphatic carbocycles. The molecule has 0 unspecified atom stereocenters. The lowest BCUT2D eigenvalue weighted by Gasteiger charge is -2.03. The first-order valence-corrected chi connectivity index (χ1v) is 7.02. The van der Waals surface area contributed by atoms with Crippen LogP contribution in [-0.2, 0) is 0 Å². The van der Waals surface area contributed by atoms with Gasteiger partial charge in [-0.05, 0) is 6.92 Å². The molecule has 0 aliphatic rings. The van der Waals surface area contributed by atoms with Gasteiger partial charge in [0.05, 0.1) is 21.6 Å². The fourth-order valence-electron chi connectivity index (χ4n) is 2.17. The molecule has 2 heterocycles. The highest BCUT2D eigenvalue weighted by atomic mass is 32.1. The zero-order chi connectivity index (χ0) is 14.3. The zero-order valence-electron chi connectivity index (χ0n) is 11.2. The zero-order valence-corrected chi connectivity index (χ0v) is 12.0. The van der Waals surface area contributed by atoms with Crippen molar-refractivity contribution < 1.29 is 4.79 Å². The molecule has 100 valence electrons. The number of benzene rings is 1. The van der Waals surface area contributed by atoms with E-state index in [4.69, 9.17) is 5.73 Å². The van der Waals surface area contributed by atoms with Crippen molar-refractivity contribution in [2.24, 2.45) is 0 Å². The molecule has 0 radical (unpaired) electrons. The standard InChI is InChI=1S/C15H13N3OS/c1-8-11-12(16)13(9(2)19)20-15(11)18-14(17-8)10-6-4-3-5-7-10/h3-7H,16H2,1-2H3. The summed E-state index contributed by atoms with van der Waals surface area (Å²) in [7, 11) is 0. The molecule has 3 aromatic rings. The highest BCUT2D eigenvalue weighted by molar-refractivity contribution is 7.21. The number of rotatable bonds is 2. The third-order valence-electron chi connectivity index (χ3n) is 3.12. The number of hydrogen-bond acceptors (Lipinski definition) is 5. The minimum Gasteiger partial charge on any atom is -0.397 e. The van der Waals surface area contributed by atoms with Crippen molar-refractivity contribution in [2.45, 2.75) is 13.8 Å². The van der Waals surface area contributed by atoms with Crippen LogP contribution in [0.5, 0.6) is 0 Å². The van der Waals surface area contributed by atoms with Crippen LogP contribution in [0.1, 0.15) is 22.3 Å². The Morgan fingerprint density at radius 2 is 1.90 bits per heavy atom. The Kier molecular flexibility index (Phi) is 2.99. The van der Waals surface area contributed by atoms with Gasteiger partial charge in [-0.25, -0.2) is 9.97 Å². The number of aryl methyl sites for hydroxylation is 1. The number of nitrogens with two attached hydrogens (primary N) is 1. The summed E-state index contributed by atoms with van der Waals surface area (Å²) >= 11 is 1.33. The van der Waals surface area contributed by atoms with E-state index in [1.165, 1.54) is 18.3 Å². The van der Waals surface area contributed by atoms with Crippen LogP contribution < -0.4 is 5.73 Å². The molecule has 0 bridgehead atoms. The molecule has 0 spiro atoms. The van der Waals surface area contributed by atoms with Crippen LogP contribution in [0.4, 0.5) is 5.69 Å². The maximum Gasteiger partial charge on any atom is 0.171 e. The first-order chi connectivity index (χ1) is 9.58. The monoisotopic (exact) mass is 283 g/mol. The van der Waals surface area contributed by atoms with Gasteiger partial charge in [0.1, 0.15) is 4.83 Å². The lowest BCUT2D eigenvalue weighted by molar-refractivity contribution is 0.102. The summed E-state index contributed by atoms with van der Waals surface area (Å²) in [6.07, 6.45) is 0. The van der Waals surface area contributed by atoms with Gasteiger partial charge in [0.2, 0.25) is 0 Å². The average Bonchev–Trinajstić information content (AvgIpc) is 2.77. The molecule has 0 atom stereocenters. The Morgan fingerprint density at radius 1 is 1.20 bits per heavy atom. The van der Waals surface area contributed by atoms with Crippen molar-refractivity contribution in [3.63, 3.8) is 0 Å². The Labute approximate surface area is 120 Å². The van der Waals surface area contributed by atoms with Crippen molar-refractivity contribution >= 4 is 33.0 Å². The number of hydrogen-bond donors (Lipinski definition) is 1. The third-order valence-corrected chi connectivity index (χ3v) is 4.32. The summed E-state index contributed by atoms with van der Waals surface area (Å²) in [5, 5.41) is 0.792. The van der Waals surface area contributed by atoms with E-state index in [0.717, 1.165) is 21.5 Å². The number of ketones is 1. The SMILES string of the molecule is CC(=O)c1sc2nc(-c3ccccc3)nc(C)c2c1N. The predicted octanol–water partition coefficient (Wildman–Crippen LogP) is 3.45. The molecule has 0 aliphatic heterocycles. The molecule has 0 saturated carbocycles. The van der Waals surface area contributed by atoms with Crippen molar-refractivity contribution in [1.82, 2.24) is 9.97 Å². The van der Waals surface area contributed by atoms with Gasteiger partial charge < -0.3 is 5.73 Å². The fourth-order valence-corrected chi connectivity index (χ4v) is 3.21. The topological polar surface area (TPSA) is 68.9 Å². The lowest BCUT2D eigenvalue weighted by Crippen LogP contribution is -1.96. The number of thiophene rings is 1. The van der Waals surface area contributed by atoms with Crippen molar-refractivity contribution in [3.05, 3.63) is 40.9 Å². The highest BCUT2D eigenvalue weighted by Gasteiger charge is 2.17. The minimum absolute atomic E-state index is 0.0360. The van der Waals surface area contributed by atoms with Gasteiger partial charge in [-0.15, -0.1) is 11.3 Å². The van der Waals surface area contributed by atoms with E-state index in [1.54, 1.807) is 0 Å². The predicted molar refractivity (Wildman–Crippen MR) is 82.0 cm³/mol. The number of fused-ring (bicyclic) bond motifs is 1. The van der Waals surface area contributed by atoms with Crippen molar-refractivity contribution in [2.75, 3.05) is 5.73 Å². The largest absolute Gasteiger partial charge is 0.397 e. The van der Waals surface area contributed by atoms with E-state index >= 15 is 0 Å². The van der Waals surface area contributed by atoms with Crippen LogP contribution in [0.2, 0.25) is 0 Å². The van der Waals surface area contributed by atoms with E-state index < -0.39 is 0 Å². The van der Waals surface area contributed by atoms with E-state index in [2.05, 4.69) is 9.97 Å². The number of nitrogens with zero attached hydrogens (tertiary/aromatic N) is 2. The maximum absolute atomic E-state index is 11.6. The molecule has 0 amide bonds. The number of carbonyl (C=O) groups is 1. The van der Waals surface area contributed by atoms with Crippen molar-refractivity contribution in [1.29, 1.82) is 0 Å². The van der Waals surface area contributed by atoms with Crippen LogP contribution in [-0.4, -0.2) is 15.8 Å². The number of aromatic nitrogens is 2. The van der Waals surface area contributed by atoms with Crippen molar-refractivity contribution in [3.8, 4) is 11.4 Å². The van der Waals surface area contributed by atoms with Crippen LogP contribution >= 0.6 is 11.3 Å². The minimum atomic E-state index is -0.0360. The normalized spacial score (nSPS) is 10.9. The van der Waals surface area contributed by atoms with Gasteiger partial charge in [0, 0.05) is 12.5 Å². The second-order valence-electron chi connectivity index (χ2n) is 4.58. The highest BCUT2D eigenvalue weighted by Crippen LogP contribution is 2.35. The Balaban J connectivity index is 2.28. The van der Waals surface area contributed by atoms with Crippen LogP contribution in [0.25, 0.3) is 21.6 Å². The summed E-state index contributed by atoms with van der Waals surface area (Å²) < 4.78 is 0. The molecule has 2 N–H and O–H groups in total. The molecule has 5 heteroatoms. The summed E-state index contributed by atoms with van der Waals surface area (Å²) in [6, 6.07) is 9.77. The van der Waals surface area contributed by atoms with Crippen LogP contribution in [0, 0.1) is 6.92 Å². The maximum atomic E-state index is 11.6. The van der Waals surface area contributed by atoms with E-state index in [1.807, 2.05) is 37.3 Å². The number of Topliss-reactive ketones (excluding diaryl/α,β-unsaturated/α-hetero) is 1. The summed E-state index contributed by atoms with van der Waals surface area (Å²) in [5.74, 6) is 0.623. The molecule has 20 heavy (non-hydrogen) atoms. The molecule has 4 nitrogen and oxygen atoms in total. The average molecular weight is 283 g/mol. The molecule has 2 aromatic heterocycles. The summed E-state index contributed by atoms with van der Waals surface area (Å²) in [6.45, 7) is 3.41. The molecule has 1 aromatic carbocycles. The smallest absolute Gasteiger partial charge is 0.171 e. The molecule has 0 fully saturated rings. The van der Waals surface area contributed by atoms with Gasteiger partial charge in [0.25, 0.3) is 0 Å². The van der Waals surface area contributed by atoms with Gasteiger partial charge in [0.15, 0.2) is 11.6 Å². The molecular weight excluding hydrogens is 270 g/mol. The number of nitrogen functional groups attached to an aromatic ring is 1. The lowest BCUT2D eigenvalue weighted by atomic mass is 10.2. The number of carbonyl (C=O) groups excluding carboxylic acids is 1. The first-order valence-electron chi connectivity index (χ1n) is 6.21. The third kappa shape index (κ3) is 1.96. The quantitative estimate of drug-likeness (QED) is 0.731. The first kappa shape index (κ1) is 12.7. The van der Waals surface area contributed by atoms with Gasteiger partial charge in [-0.3, -0.25) is 4.79 Å². The summed E-state index contributed by atoms with van der Waals surface area (Å²) in [4.78, 5) is 22.0. The Bertz CT molecular complexity index is 809. The fraction of sp³-hybridized carbons (Fsp3) is 0.133. The van der Waals surface area contributed by atoms with E-state index in [0.29, 0.717) is 16.4 Å². The molecule has 0 saturated heterocycles. The molecular formula is C15H13N3OS. The summed E-state index contributed by atoms with van der Waals surface area (Å²) in [5.41, 5.74) is 8.29. The van der Waals surface area contributed by atoms with E-state index in [9.17, 15) is 4.79 Å².